The van der Waals surface area contributed by atoms with E-state index in [2.05, 4.69) is 92.4 Å². The van der Waals surface area contributed by atoms with E-state index in [0.29, 0.717) is 5.57 Å². The average molecular weight is 864 g/mol. The molecule has 0 atom stereocenters. The van der Waals surface area contributed by atoms with Gasteiger partial charge in [-0.05, 0) is 30.6 Å². The Bertz CT molecular complexity index is 732. The van der Waals surface area contributed by atoms with Crippen molar-refractivity contribution in [3.05, 3.63) is 110 Å². The number of allylic oxidation sites excluding steroid dienone is 1. The van der Waals surface area contributed by atoms with Gasteiger partial charge >= 0.3 is 62.2 Å². The van der Waals surface area contributed by atoms with Crippen molar-refractivity contribution in [2.45, 2.75) is 28.0 Å². The van der Waals surface area contributed by atoms with E-state index in [4.69, 9.17) is 4.79 Å². The predicted molar refractivity (Wildman–Crippen MR) is 117 cm³/mol. The molecule has 3 rings (SSSR count). The molecule has 0 aromatic heterocycles. The van der Waals surface area contributed by atoms with Gasteiger partial charge < -0.3 is 16.5 Å². The molecule has 0 fully saturated rings. The second-order valence-corrected chi connectivity index (χ2v) is 7.47. The fourth-order valence-electron chi connectivity index (χ4n) is 2.03. The summed E-state index contributed by atoms with van der Waals surface area (Å²) in [4.78, 5) is 22.3. The van der Waals surface area contributed by atoms with Crippen LogP contribution in [0.4, 0.5) is 0 Å². The zero-order valence-electron chi connectivity index (χ0n) is 16.9. The van der Waals surface area contributed by atoms with Crippen LogP contribution in [0, 0.1) is 75.2 Å². The summed E-state index contributed by atoms with van der Waals surface area (Å²) in [7, 11) is -0.0346. The number of rotatable bonds is 5. The van der Waals surface area contributed by atoms with Gasteiger partial charge in [-0.25, -0.2) is 6.58 Å². The summed E-state index contributed by atoms with van der Waals surface area (Å²) in [5.41, 5.74) is 0.449. The van der Waals surface area contributed by atoms with Gasteiger partial charge in [-0.2, -0.15) is 23.8 Å². The van der Waals surface area contributed by atoms with Crippen LogP contribution in [0.1, 0.15) is 13.3 Å². The van der Waals surface area contributed by atoms with Crippen molar-refractivity contribution in [3.63, 3.8) is 0 Å². The Balaban J connectivity index is 0. The van der Waals surface area contributed by atoms with Crippen LogP contribution in [0.3, 0.4) is 0 Å². The SMILES string of the molecule is C=C(C)[C-]=O.[CH2-]C[C-]=O.[U+2].[U+2].[c-]1ccc([S+](c2ccccc2)c2ccccc2)cc1. The maximum absolute atomic E-state index is 9.28. The van der Waals surface area contributed by atoms with Crippen LogP contribution >= 0.6 is 0 Å². The van der Waals surface area contributed by atoms with Gasteiger partial charge in [0.1, 0.15) is 0 Å². The summed E-state index contributed by atoms with van der Waals surface area (Å²) in [6.45, 7) is 8.03. The van der Waals surface area contributed by atoms with Gasteiger partial charge in [-0.3, -0.25) is 12.7 Å². The first-order valence-corrected chi connectivity index (χ1v) is 9.85. The Hall–Kier alpha value is -0.806. The number of benzene rings is 3. The van der Waals surface area contributed by atoms with E-state index in [-0.39, 0.29) is 79.5 Å². The quantitative estimate of drug-likeness (QED) is 0.191. The van der Waals surface area contributed by atoms with E-state index in [1.807, 2.05) is 12.1 Å². The molecule has 0 aliphatic rings. The Morgan fingerprint density at radius 1 is 0.867 bits per heavy atom. The summed E-state index contributed by atoms with van der Waals surface area (Å²) in [6, 6.07) is 32.7. The molecule has 30 heavy (non-hydrogen) atoms. The normalized spacial score (nSPS) is 8.63. The van der Waals surface area contributed by atoms with Gasteiger partial charge in [0.25, 0.3) is 0 Å². The largest absolute Gasteiger partial charge is 2.00 e. The van der Waals surface area contributed by atoms with Gasteiger partial charge in [-0.15, -0.1) is 12.1 Å². The minimum Gasteiger partial charge on any atom is -0.544 e. The van der Waals surface area contributed by atoms with Gasteiger partial charge in [0.2, 0.25) is 0 Å². The molecule has 2 nitrogen and oxygen atoms in total. The van der Waals surface area contributed by atoms with Crippen LogP contribution in [-0.2, 0) is 20.5 Å². The molecule has 0 spiro atoms. The summed E-state index contributed by atoms with van der Waals surface area (Å²) >= 11 is 0. The van der Waals surface area contributed by atoms with Gasteiger partial charge in [0.05, 0.1) is 15.8 Å². The minimum atomic E-state index is -0.0346. The van der Waals surface area contributed by atoms with Crippen molar-refractivity contribution in [3.8, 4) is 0 Å². The zero-order chi connectivity index (χ0) is 20.6. The Morgan fingerprint density at radius 3 is 1.50 bits per heavy atom. The molecule has 148 valence electrons. The van der Waals surface area contributed by atoms with Crippen molar-refractivity contribution < 1.29 is 71.8 Å². The third-order valence-electron chi connectivity index (χ3n) is 3.16. The van der Waals surface area contributed by atoms with Gasteiger partial charge in [-0.1, -0.05) is 43.3 Å². The van der Waals surface area contributed by atoms with E-state index in [9.17, 15) is 4.79 Å². The molecule has 0 aliphatic heterocycles. The summed E-state index contributed by atoms with van der Waals surface area (Å²) in [6.07, 6.45) is 3.42. The second-order valence-electron chi connectivity index (χ2n) is 5.44. The van der Waals surface area contributed by atoms with Gasteiger partial charge in [0, 0.05) is 0 Å². The minimum absolute atomic E-state index is 0. The second kappa shape index (κ2) is 20.1. The summed E-state index contributed by atoms with van der Waals surface area (Å²) in [5.74, 6) is 0. The maximum Gasteiger partial charge on any atom is 2.00 e. The molecule has 0 unspecified atom stereocenters. The number of hydrogen-bond donors (Lipinski definition) is 0. The van der Waals surface area contributed by atoms with E-state index >= 15 is 0 Å². The summed E-state index contributed by atoms with van der Waals surface area (Å²) in [5, 5.41) is 0. The first-order chi connectivity index (χ1) is 13.6. The average Bonchev–Trinajstić information content (AvgIpc) is 2.77. The maximum atomic E-state index is 9.28. The standard InChI is InChI=1S/C18H14S.C4H5O.C3H4O.2U/c1-4-10-16(11-5-1)19(17-12-6-2-7-13-17)18-14-8-3-9-15-18;1-4(2)3-5;1-2-3-4;;/h1-2,4-15H;1H2,2H3;1-2H2;;/q;-1;-2;2*+2. The van der Waals surface area contributed by atoms with E-state index in [1.165, 1.54) is 14.7 Å². The van der Waals surface area contributed by atoms with Crippen LogP contribution in [0.15, 0.2) is 112 Å². The molecular formula is C25H23O2SU2+. The van der Waals surface area contributed by atoms with Gasteiger partial charge in [0.15, 0.2) is 9.79 Å². The van der Waals surface area contributed by atoms with Crippen molar-refractivity contribution in [1.29, 1.82) is 0 Å². The fourth-order valence-corrected chi connectivity index (χ4v) is 4.11. The molecule has 0 heterocycles. The summed E-state index contributed by atoms with van der Waals surface area (Å²) < 4.78 is 0. The molecule has 5 heteroatoms. The molecule has 0 N–H and O–H groups in total. The monoisotopic (exact) mass is 863 g/mol. The smallest absolute Gasteiger partial charge is 0.544 e. The molecule has 0 radical (unpaired) electrons. The van der Waals surface area contributed by atoms with Crippen LogP contribution in [-0.4, -0.2) is 12.6 Å². The van der Waals surface area contributed by atoms with E-state index < -0.39 is 0 Å². The van der Waals surface area contributed by atoms with Crippen LogP contribution < -0.4 is 0 Å². The van der Waals surface area contributed by atoms with Crippen molar-refractivity contribution in [2.24, 2.45) is 0 Å². The van der Waals surface area contributed by atoms with Crippen molar-refractivity contribution in [2.75, 3.05) is 0 Å². The fraction of sp³-hybridized carbons (Fsp3) is 0.0800. The van der Waals surface area contributed by atoms with Crippen LogP contribution in [0.2, 0.25) is 0 Å². The van der Waals surface area contributed by atoms with E-state index in [1.54, 1.807) is 19.5 Å². The molecule has 0 bridgehead atoms. The van der Waals surface area contributed by atoms with E-state index in [0.717, 1.165) is 0 Å². The molecule has 3 aromatic rings. The third-order valence-corrected chi connectivity index (χ3v) is 5.39. The topological polar surface area (TPSA) is 34.1 Å². The van der Waals surface area contributed by atoms with Crippen molar-refractivity contribution in [1.82, 2.24) is 0 Å². The molecule has 0 amide bonds. The zero-order valence-corrected chi connectivity index (χ0v) is 26.1. The Kier molecular flexibility index (Phi) is 21.0. The number of hydrogen-bond acceptors (Lipinski definition) is 2. The molecular weight excluding hydrogens is 840 g/mol. The molecule has 0 aliphatic carbocycles. The molecule has 0 saturated heterocycles. The molecule has 3 aromatic carbocycles. The Labute approximate surface area is 231 Å². The Morgan fingerprint density at radius 2 is 1.20 bits per heavy atom. The molecule has 0 saturated carbocycles. The predicted octanol–water partition coefficient (Wildman–Crippen LogP) is 5.57. The van der Waals surface area contributed by atoms with Crippen LogP contribution in [0.25, 0.3) is 0 Å². The van der Waals surface area contributed by atoms with Crippen molar-refractivity contribution >= 4 is 23.5 Å². The first kappa shape index (κ1) is 31.4. The third kappa shape index (κ3) is 12.8. The first-order valence-electron chi connectivity index (χ1n) is 8.62. The number of carbonyl (C=O) groups excluding carboxylic acids is 2. The van der Waals surface area contributed by atoms with Crippen LogP contribution in [0.5, 0.6) is 0 Å².